The normalized spacial score (nSPS) is 22.7. The van der Waals surface area contributed by atoms with Crippen molar-refractivity contribution in [2.45, 2.75) is 70.8 Å². The molecule has 2 fully saturated rings. The van der Waals surface area contributed by atoms with E-state index in [1.165, 1.54) is 36.0 Å². The van der Waals surface area contributed by atoms with E-state index in [1.54, 1.807) is 0 Å². The van der Waals surface area contributed by atoms with Gasteiger partial charge in [-0.3, -0.25) is 9.59 Å². The molecule has 2 bridgehead atoms. The summed E-state index contributed by atoms with van der Waals surface area (Å²) in [5.74, 6) is 1.39. The first-order valence-corrected chi connectivity index (χ1v) is 11.8. The molecule has 4 nitrogen and oxygen atoms in total. The number of hydrogen-bond acceptors (Lipinski definition) is 2. The van der Waals surface area contributed by atoms with Crippen LogP contribution in [0.5, 0.6) is 0 Å². The Balaban J connectivity index is 1.32. The summed E-state index contributed by atoms with van der Waals surface area (Å²) in [6.45, 7) is 5.51. The van der Waals surface area contributed by atoms with E-state index < -0.39 is 6.04 Å². The van der Waals surface area contributed by atoms with E-state index in [4.69, 9.17) is 11.6 Å². The zero-order valence-electron chi connectivity index (χ0n) is 18.1. The molecule has 1 aromatic carbocycles. The van der Waals surface area contributed by atoms with Gasteiger partial charge in [-0.25, -0.2) is 0 Å². The number of halogens is 1. The average Bonchev–Trinajstić information content (AvgIpc) is 3.35. The highest BCUT2D eigenvalue weighted by Crippen LogP contribution is 2.45. The fourth-order valence-electron chi connectivity index (χ4n) is 5.41. The number of rotatable bonds is 6. The number of allylic oxidation sites excluding steroid dienone is 1. The number of benzene rings is 1. The lowest BCUT2D eigenvalue weighted by Crippen LogP contribution is -2.52. The Bertz CT molecular complexity index is 822. The van der Waals surface area contributed by atoms with E-state index in [0.717, 1.165) is 43.3 Å². The molecule has 2 atom stereocenters. The first kappa shape index (κ1) is 21.4. The van der Waals surface area contributed by atoms with Gasteiger partial charge in [-0.15, -0.1) is 0 Å². The second-order valence-corrected chi connectivity index (χ2v) is 10.1. The van der Waals surface area contributed by atoms with Crippen LogP contribution in [0.25, 0.3) is 0 Å². The highest BCUT2D eigenvalue weighted by molar-refractivity contribution is 6.30. The lowest BCUT2D eigenvalue weighted by molar-refractivity contribution is -0.138. The van der Waals surface area contributed by atoms with Crippen LogP contribution in [0.4, 0.5) is 0 Å². The SMILES string of the molecule is CC(C)[C@@H](NC(=O)CC1=C2CCC(C2)C1)C(=O)N1CCC(c2ccc(Cl)cc2)CC1. The van der Waals surface area contributed by atoms with Crippen molar-refractivity contribution < 1.29 is 9.59 Å². The van der Waals surface area contributed by atoms with Gasteiger partial charge < -0.3 is 10.2 Å². The summed E-state index contributed by atoms with van der Waals surface area (Å²) in [5, 5.41) is 3.82. The summed E-state index contributed by atoms with van der Waals surface area (Å²) in [4.78, 5) is 27.9. The monoisotopic (exact) mass is 428 g/mol. The van der Waals surface area contributed by atoms with Crippen molar-refractivity contribution in [1.82, 2.24) is 10.2 Å². The van der Waals surface area contributed by atoms with Crippen LogP contribution in [0.15, 0.2) is 35.4 Å². The molecule has 162 valence electrons. The van der Waals surface area contributed by atoms with Crippen LogP contribution in [-0.4, -0.2) is 35.8 Å². The van der Waals surface area contributed by atoms with E-state index in [-0.39, 0.29) is 17.7 Å². The van der Waals surface area contributed by atoms with Crippen molar-refractivity contribution in [3.8, 4) is 0 Å². The first-order chi connectivity index (χ1) is 14.4. The molecule has 2 aliphatic carbocycles. The Labute approximate surface area is 185 Å². The standard InChI is InChI=1S/C25H33ClN2O2/c1-16(2)24(27-23(29)15-21-14-17-3-4-20(21)13-17)25(30)28-11-9-19(10-12-28)18-5-7-22(26)8-6-18/h5-8,16-17,19,24H,3-4,9-15H2,1-2H3,(H,27,29)/t17?,24-/m1/s1. The number of hydrogen-bond donors (Lipinski definition) is 1. The van der Waals surface area contributed by atoms with Crippen molar-refractivity contribution >= 4 is 23.4 Å². The Morgan fingerprint density at radius 1 is 1.10 bits per heavy atom. The Kier molecular flexibility index (Phi) is 6.52. The quantitative estimate of drug-likeness (QED) is 0.642. The van der Waals surface area contributed by atoms with Gasteiger partial charge in [0.1, 0.15) is 6.04 Å². The fraction of sp³-hybridized carbons (Fsp3) is 0.600. The van der Waals surface area contributed by atoms with Crippen LogP contribution in [0.2, 0.25) is 5.02 Å². The van der Waals surface area contributed by atoms with Crippen LogP contribution in [-0.2, 0) is 9.59 Å². The number of amides is 2. The highest BCUT2D eigenvalue weighted by Gasteiger charge is 2.34. The third kappa shape index (κ3) is 4.74. The predicted molar refractivity (Wildman–Crippen MR) is 120 cm³/mol. The Hall–Kier alpha value is -1.81. The van der Waals surface area contributed by atoms with E-state index in [0.29, 0.717) is 12.3 Å². The smallest absolute Gasteiger partial charge is 0.245 e. The van der Waals surface area contributed by atoms with Crippen LogP contribution in [0, 0.1) is 11.8 Å². The molecule has 30 heavy (non-hydrogen) atoms. The van der Waals surface area contributed by atoms with E-state index >= 15 is 0 Å². The molecule has 0 aromatic heterocycles. The van der Waals surface area contributed by atoms with Crippen molar-refractivity contribution in [3.05, 3.63) is 46.0 Å². The maximum atomic E-state index is 13.2. The number of nitrogens with one attached hydrogen (secondary N) is 1. The summed E-state index contributed by atoms with van der Waals surface area (Å²) in [7, 11) is 0. The Morgan fingerprint density at radius 2 is 1.80 bits per heavy atom. The van der Waals surface area contributed by atoms with Crippen molar-refractivity contribution in [2.24, 2.45) is 11.8 Å². The lowest BCUT2D eigenvalue weighted by atomic mass is 9.89. The van der Waals surface area contributed by atoms with Gasteiger partial charge in [0.15, 0.2) is 0 Å². The molecule has 1 heterocycles. The van der Waals surface area contributed by atoms with Gasteiger partial charge in [0.2, 0.25) is 11.8 Å². The molecule has 1 saturated heterocycles. The van der Waals surface area contributed by atoms with Gasteiger partial charge in [-0.1, -0.05) is 48.7 Å². The van der Waals surface area contributed by atoms with E-state index in [1.807, 2.05) is 30.9 Å². The minimum absolute atomic E-state index is 0.00755. The highest BCUT2D eigenvalue weighted by atomic mass is 35.5. The molecule has 1 N–H and O–H groups in total. The molecule has 0 radical (unpaired) electrons. The second-order valence-electron chi connectivity index (χ2n) is 9.64. The summed E-state index contributed by atoms with van der Waals surface area (Å²) < 4.78 is 0. The van der Waals surface area contributed by atoms with Gasteiger partial charge in [-0.2, -0.15) is 0 Å². The number of carbonyl (C=O) groups is 2. The number of nitrogens with zero attached hydrogens (tertiary/aromatic N) is 1. The predicted octanol–water partition coefficient (Wildman–Crippen LogP) is 5.08. The molecule has 3 aliphatic rings. The number of carbonyl (C=O) groups excluding carboxylic acids is 2. The van der Waals surface area contributed by atoms with Crippen molar-refractivity contribution in [3.63, 3.8) is 0 Å². The molecule has 4 rings (SSSR count). The zero-order valence-corrected chi connectivity index (χ0v) is 18.9. The molecule has 1 aromatic rings. The van der Waals surface area contributed by atoms with Crippen LogP contribution in [0.1, 0.15) is 70.3 Å². The average molecular weight is 429 g/mol. The molecule has 1 unspecified atom stereocenters. The third-order valence-corrected chi connectivity index (χ3v) is 7.45. The van der Waals surface area contributed by atoms with Crippen molar-refractivity contribution in [1.29, 1.82) is 0 Å². The van der Waals surface area contributed by atoms with Gasteiger partial charge in [-0.05, 0) is 74.0 Å². The number of likely N-dealkylation sites (tertiary alicyclic amines) is 1. The minimum atomic E-state index is -0.436. The molecule has 0 spiro atoms. The number of fused-ring (bicyclic) bond motifs is 2. The van der Waals surface area contributed by atoms with Crippen molar-refractivity contribution in [2.75, 3.05) is 13.1 Å². The lowest BCUT2D eigenvalue weighted by Gasteiger charge is -2.35. The summed E-state index contributed by atoms with van der Waals surface area (Å²) in [6.07, 6.45) is 7.11. The van der Waals surface area contributed by atoms with E-state index in [2.05, 4.69) is 17.4 Å². The van der Waals surface area contributed by atoms with Crippen LogP contribution in [0.3, 0.4) is 0 Å². The fourth-order valence-corrected chi connectivity index (χ4v) is 5.54. The maximum Gasteiger partial charge on any atom is 0.245 e. The van der Waals surface area contributed by atoms with Crippen LogP contribution < -0.4 is 5.32 Å². The van der Waals surface area contributed by atoms with Gasteiger partial charge >= 0.3 is 0 Å². The van der Waals surface area contributed by atoms with Gasteiger partial charge in [0.05, 0.1) is 0 Å². The van der Waals surface area contributed by atoms with E-state index in [9.17, 15) is 9.59 Å². The molecular formula is C25H33ClN2O2. The minimum Gasteiger partial charge on any atom is -0.344 e. The molecule has 5 heteroatoms. The van der Waals surface area contributed by atoms with Gasteiger partial charge in [0, 0.05) is 24.5 Å². The summed E-state index contributed by atoms with van der Waals surface area (Å²) >= 11 is 6.00. The Morgan fingerprint density at radius 3 is 2.37 bits per heavy atom. The number of piperidine rings is 1. The summed E-state index contributed by atoms with van der Waals surface area (Å²) in [5.41, 5.74) is 4.13. The molecule has 1 aliphatic heterocycles. The molecule has 1 saturated carbocycles. The molecular weight excluding hydrogens is 396 g/mol. The third-order valence-electron chi connectivity index (χ3n) is 7.20. The maximum absolute atomic E-state index is 13.2. The largest absolute Gasteiger partial charge is 0.344 e. The zero-order chi connectivity index (χ0) is 21.3. The van der Waals surface area contributed by atoms with Crippen LogP contribution >= 0.6 is 11.6 Å². The summed E-state index contributed by atoms with van der Waals surface area (Å²) in [6, 6.07) is 7.62. The topological polar surface area (TPSA) is 49.4 Å². The second kappa shape index (κ2) is 9.13. The first-order valence-electron chi connectivity index (χ1n) is 11.4. The molecule has 2 amide bonds. The van der Waals surface area contributed by atoms with Gasteiger partial charge in [0.25, 0.3) is 0 Å².